The highest BCUT2D eigenvalue weighted by Crippen LogP contribution is 2.39. The summed E-state index contributed by atoms with van der Waals surface area (Å²) in [7, 11) is 1.72. The van der Waals surface area contributed by atoms with E-state index in [0.29, 0.717) is 26.3 Å². The molecule has 2 fully saturated rings. The SMILES string of the molecule is COc1ccccc1N1CCN2c3ccccc3C[C@@H](C(=O)N3CCOCC3)[C@@H]2C1. The van der Waals surface area contributed by atoms with Gasteiger partial charge in [0.2, 0.25) is 5.91 Å². The Labute approximate surface area is 178 Å². The molecule has 0 aliphatic carbocycles. The molecule has 2 aromatic carbocycles. The molecule has 0 unspecified atom stereocenters. The summed E-state index contributed by atoms with van der Waals surface area (Å²) in [5, 5.41) is 0. The maximum atomic E-state index is 13.6. The van der Waals surface area contributed by atoms with Gasteiger partial charge in [0.05, 0.1) is 38.0 Å². The predicted molar refractivity (Wildman–Crippen MR) is 117 cm³/mol. The first-order chi connectivity index (χ1) is 14.8. The van der Waals surface area contributed by atoms with Crippen molar-refractivity contribution in [3.05, 3.63) is 54.1 Å². The third kappa shape index (κ3) is 3.39. The molecular weight excluding hydrogens is 378 g/mol. The predicted octanol–water partition coefficient (Wildman–Crippen LogP) is 2.42. The first-order valence-electron chi connectivity index (χ1n) is 10.9. The van der Waals surface area contributed by atoms with Crippen LogP contribution in [0.1, 0.15) is 5.56 Å². The first kappa shape index (κ1) is 19.2. The molecule has 30 heavy (non-hydrogen) atoms. The number of ether oxygens (including phenoxy) is 2. The average molecular weight is 408 g/mol. The summed E-state index contributed by atoms with van der Waals surface area (Å²) < 4.78 is 11.1. The summed E-state index contributed by atoms with van der Waals surface area (Å²) in [5.74, 6) is 1.11. The Balaban J connectivity index is 1.47. The van der Waals surface area contributed by atoms with Crippen LogP contribution >= 0.6 is 0 Å². The van der Waals surface area contributed by atoms with E-state index in [1.165, 1.54) is 11.3 Å². The molecule has 3 aliphatic heterocycles. The van der Waals surface area contributed by atoms with Crippen LogP contribution in [0.4, 0.5) is 11.4 Å². The molecule has 0 N–H and O–H groups in total. The van der Waals surface area contributed by atoms with E-state index in [2.05, 4.69) is 46.2 Å². The lowest BCUT2D eigenvalue weighted by Gasteiger charge is -2.50. The highest BCUT2D eigenvalue weighted by atomic mass is 16.5. The molecular formula is C24H29N3O3. The fraction of sp³-hybridized carbons (Fsp3) is 0.458. The number of methoxy groups -OCH3 is 1. The van der Waals surface area contributed by atoms with Crippen LogP contribution in [-0.4, -0.2) is 69.9 Å². The number of nitrogens with zero attached hydrogens (tertiary/aromatic N) is 3. The zero-order valence-corrected chi connectivity index (χ0v) is 17.5. The standard InChI is InChI=1S/C24H29N3O3/c1-29-23-9-5-4-8-21(23)26-10-11-27-20-7-3-2-6-18(20)16-19(22(27)17-26)24(28)25-12-14-30-15-13-25/h2-9,19,22H,10-17H2,1H3/t19-,22+/m1/s1. The first-order valence-corrected chi connectivity index (χ1v) is 10.9. The summed E-state index contributed by atoms with van der Waals surface area (Å²) in [5.41, 5.74) is 3.68. The summed E-state index contributed by atoms with van der Waals surface area (Å²) in [4.78, 5) is 20.4. The van der Waals surface area contributed by atoms with Crippen LogP contribution in [0.25, 0.3) is 0 Å². The van der Waals surface area contributed by atoms with Crippen LogP contribution in [0.15, 0.2) is 48.5 Å². The Morgan fingerprint density at radius 1 is 0.967 bits per heavy atom. The van der Waals surface area contributed by atoms with Gasteiger partial charge in [-0.05, 0) is 30.2 Å². The number of carbonyl (C=O) groups excluding carboxylic acids is 1. The summed E-state index contributed by atoms with van der Waals surface area (Å²) in [6.07, 6.45) is 0.799. The van der Waals surface area contributed by atoms with Crippen molar-refractivity contribution in [1.29, 1.82) is 0 Å². The minimum Gasteiger partial charge on any atom is -0.495 e. The number of amides is 1. The molecule has 2 atom stereocenters. The molecule has 3 heterocycles. The lowest BCUT2D eigenvalue weighted by molar-refractivity contribution is -0.140. The van der Waals surface area contributed by atoms with Gasteiger partial charge in [-0.3, -0.25) is 4.79 Å². The van der Waals surface area contributed by atoms with Crippen molar-refractivity contribution in [1.82, 2.24) is 4.90 Å². The number of rotatable bonds is 3. The number of para-hydroxylation sites is 3. The van der Waals surface area contributed by atoms with Gasteiger partial charge in [-0.15, -0.1) is 0 Å². The zero-order chi connectivity index (χ0) is 20.5. The van der Waals surface area contributed by atoms with Crippen LogP contribution in [0.2, 0.25) is 0 Å². The quantitative estimate of drug-likeness (QED) is 0.782. The molecule has 2 aromatic rings. The fourth-order valence-corrected chi connectivity index (χ4v) is 5.17. The van der Waals surface area contributed by atoms with E-state index < -0.39 is 0 Å². The van der Waals surface area contributed by atoms with Crippen LogP contribution < -0.4 is 14.5 Å². The zero-order valence-electron chi connectivity index (χ0n) is 17.5. The number of piperazine rings is 1. The van der Waals surface area contributed by atoms with Crippen molar-refractivity contribution < 1.29 is 14.3 Å². The largest absolute Gasteiger partial charge is 0.495 e. The third-order valence-corrected chi connectivity index (χ3v) is 6.69. The number of morpholine rings is 1. The molecule has 2 saturated heterocycles. The Hall–Kier alpha value is -2.73. The van der Waals surface area contributed by atoms with Gasteiger partial charge in [-0.1, -0.05) is 30.3 Å². The normalized spacial score (nSPS) is 23.6. The van der Waals surface area contributed by atoms with Gasteiger partial charge in [0, 0.05) is 38.4 Å². The molecule has 1 amide bonds. The van der Waals surface area contributed by atoms with E-state index in [1.807, 2.05) is 17.0 Å². The maximum absolute atomic E-state index is 13.6. The molecule has 3 aliphatic rings. The van der Waals surface area contributed by atoms with Gasteiger partial charge in [0.25, 0.3) is 0 Å². The maximum Gasteiger partial charge on any atom is 0.228 e. The van der Waals surface area contributed by atoms with Crippen LogP contribution in [0, 0.1) is 5.92 Å². The molecule has 6 heteroatoms. The number of hydrogen-bond donors (Lipinski definition) is 0. The molecule has 0 aromatic heterocycles. The van der Waals surface area contributed by atoms with Crippen molar-refractivity contribution in [2.75, 3.05) is 62.8 Å². The average Bonchev–Trinajstić information content (AvgIpc) is 2.83. The number of benzene rings is 2. The number of fused-ring (bicyclic) bond motifs is 3. The second kappa shape index (κ2) is 8.19. The molecule has 0 saturated carbocycles. The van der Waals surface area contributed by atoms with Crippen LogP contribution in [0.5, 0.6) is 5.75 Å². The fourth-order valence-electron chi connectivity index (χ4n) is 5.17. The van der Waals surface area contributed by atoms with Gasteiger partial charge in [0.15, 0.2) is 0 Å². The molecule has 6 nitrogen and oxygen atoms in total. The number of hydrogen-bond acceptors (Lipinski definition) is 5. The van der Waals surface area contributed by atoms with Gasteiger partial charge < -0.3 is 24.2 Å². The van der Waals surface area contributed by atoms with Gasteiger partial charge >= 0.3 is 0 Å². The second-order valence-electron chi connectivity index (χ2n) is 8.26. The van der Waals surface area contributed by atoms with E-state index in [0.717, 1.165) is 37.5 Å². The van der Waals surface area contributed by atoms with Crippen molar-refractivity contribution in [2.24, 2.45) is 5.92 Å². The molecule has 158 valence electrons. The lowest BCUT2D eigenvalue weighted by Crippen LogP contribution is -2.62. The van der Waals surface area contributed by atoms with Crippen molar-refractivity contribution in [3.8, 4) is 5.75 Å². The molecule has 0 radical (unpaired) electrons. The second-order valence-corrected chi connectivity index (χ2v) is 8.26. The monoisotopic (exact) mass is 407 g/mol. The number of anilines is 2. The van der Waals surface area contributed by atoms with Crippen LogP contribution in [-0.2, 0) is 16.0 Å². The summed E-state index contributed by atoms with van der Waals surface area (Å²) in [6.45, 7) is 5.28. The molecule has 0 bridgehead atoms. The van der Waals surface area contributed by atoms with E-state index in [9.17, 15) is 4.79 Å². The number of carbonyl (C=O) groups is 1. The summed E-state index contributed by atoms with van der Waals surface area (Å²) >= 11 is 0. The van der Waals surface area contributed by atoms with E-state index in [-0.39, 0.29) is 17.9 Å². The van der Waals surface area contributed by atoms with Crippen LogP contribution in [0.3, 0.4) is 0 Å². The highest BCUT2D eigenvalue weighted by Gasteiger charge is 2.43. The topological polar surface area (TPSA) is 45.2 Å². The smallest absolute Gasteiger partial charge is 0.228 e. The Morgan fingerprint density at radius 3 is 2.50 bits per heavy atom. The van der Waals surface area contributed by atoms with Gasteiger partial charge in [-0.25, -0.2) is 0 Å². The minimum atomic E-state index is -0.0458. The van der Waals surface area contributed by atoms with E-state index >= 15 is 0 Å². The summed E-state index contributed by atoms with van der Waals surface area (Å²) in [6, 6.07) is 16.9. The van der Waals surface area contributed by atoms with Crippen molar-refractivity contribution in [3.63, 3.8) is 0 Å². The Bertz CT molecular complexity index is 912. The highest BCUT2D eigenvalue weighted by molar-refractivity contribution is 5.82. The third-order valence-electron chi connectivity index (χ3n) is 6.69. The molecule has 5 rings (SSSR count). The van der Waals surface area contributed by atoms with Crippen molar-refractivity contribution in [2.45, 2.75) is 12.5 Å². The Morgan fingerprint density at radius 2 is 1.70 bits per heavy atom. The Kier molecular flexibility index (Phi) is 5.25. The van der Waals surface area contributed by atoms with Crippen molar-refractivity contribution >= 4 is 17.3 Å². The van der Waals surface area contributed by atoms with E-state index in [4.69, 9.17) is 9.47 Å². The minimum absolute atomic E-state index is 0.0458. The molecule has 0 spiro atoms. The van der Waals surface area contributed by atoms with E-state index in [1.54, 1.807) is 7.11 Å². The van der Waals surface area contributed by atoms with Gasteiger partial charge in [-0.2, -0.15) is 0 Å². The lowest BCUT2D eigenvalue weighted by atomic mass is 9.83. The van der Waals surface area contributed by atoms with Gasteiger partial charge in [0.1, 0.15) is 5.75 Å².